The highest BCUT2D eigenvalue weighted by Crippen LogP contribution is 2.26. The Labute approximate surface area is 81.6 Å². The molecule has 0 spiro atoms. The number of fused-ring (bicyclic) bond motifs is 1. The molecule has 1 heterocycles. The van der Waals surface area contributed by atoms with E-state index in [-0.39, 0.29) is 24.0 Å². The van der Waals surface area contributed by atoms with E-state index in [9.17, 15) is 8.78 Å². The van der Waals surface area contributed by atoms with E-state index < -0.39 is 0 Å². The number of rotatable bonds is 0. The van der Waals surface area contributed by atoms with Gasteiger partial charge < -0.3 is 5.32 Å². The van der Waals surface area contributed by atoms with Crippen LogP contribution in [-0.4, -0.2) is 6.54 Å². The molecule has 0 saturated heterocycles. The Hall–Kier alpha value is -0.830. The normalized spacial score (nSPS) is 14.0. The molecule has 1 aromatic rings. The van der Waals surface area contributed by atoms with Crippen LogP contribution in [0.2, 0.25) is 0 Å². The minimum absolute atomic E-state index is 0. The van der Waals surface area contributed by atoms with Crippen LogP contribution in [0.3, 0.4) is 0 Å². The highest BCUT2D eigenvalue weighted by Gasteiger charge is 2.16. The third-order valence-electron chi connectivity index (χ3n) is 2.11. The van der Waals surface area contributed by atoms with Crippen molar-refractivity contribution in [1.29, 1.82) is 0 Å². The van der Waals surface area contributed by atoms with Crippen LogP contribution in [-0.2, 0) is 6.42 Å². The predicted molar refractivity (Wildman–Crippen MR) is 50.4 cm³/mol. The van der Waals surface area contributed by atoms with E-state index in [0.717, 1.165) is 19.0 Å². The van der Waals surface area contributed by atoms with Crippen LogP contribution in [0, 0.1) is 11.6 Å². The first kappa shape index (κ1) is 10.3. The minimum atomic E-state index is -0.355. The molecule has 1 aliphatic rings. The summed E-state index contributed by atoms with van der Waals surface area (Å²) in [5.74, 6) is -0.662. The Balaban J connectivity index is 0.000000845. The number of benzene rings is 1. The van der Waals surface area contributed by atoms with Gasteiger partial charge in [0.1, 0.15) is 11.6 Å². The molecule has 0 fully saturated rings. The van der Waals surface area contributed by atoms with Crippen LogP contribution in [0.5, 0.6) is 0 Å². The largest absolute Gasteiger partial charge is 0.382 e. The molecule has 0 aliphatic carbocycles. The Kier molecular flexibility index (Phi) is 3.09. The van der Waals surface area contributed by atoms with Gasteiger partial charge in [0.25, 0.3) is 0 Å². The van der Waals surface area contributed by atoms with Gasteiger partial charge in [-0.2, -0.15) is 0 Å². The van der Waals surface area contributed by atoms with Gasteiger partial charge in [0, 0.05) is 12.1 Å². The SMILES string of the molecule is Cl.Fc1ccc(F)c2c1CCCN2. The topological polar surface area (TPSA) is 12.0 Å². The maximum atomic E-state index is 13.0. The van der Waals surface area contributed by atoms with Crippen molar-refractivity contribution in [1.82, 2.24) is 0 Å². The zero-order valence-electron chi connectivity index (χ0n) is 6.94. The highest BCUT2D eigenvalue weighted by molar-refractivity contribution is 5.85. The van der Waals surface area contributed by atoms with Crippen molar-refractivity contribution in [2.75, 3.05) is 11.9 Å². The Morgan fingerprint density at radius 3 is 2.54 bits per heavy atom. The molecule has 0 amide bonds. The molecular weight excluding hydrogens is 196 g/mol. The quantitative estimate of drug-likeness (QED) is 0.687. The number of hydrogen-bond acceptors (Lipinski definition) is 1. The third-order valence-corrected chi connectivity index (χ3v) is 2.11. The van der Waals surface area contributed by atoms with Crippen LogP contribution < -0.4 is 5.32 Å². The summed E-state index contributed by atoms with van der Waals surface area (Å²) >= 11 is 0. The van der Waals surface area contributed by atoms with Crippen LogP contribution in [0.1, 0.15) is 12.0 Å². The maximum Gasteiger partial charge on any atom is 0.146 e. The zero-order chi connectivity index (χ0) is 8.55. The minimum Gasteiger partial charge on any atom is -0.382 e. The Bertz CT molecular complexity index is 284. The van der Waals surface area contributed by atoms with Gasteiger partial charge in [0.2, 0.25) is 0 Å². The second-order valence-corrected chi connectivity index (χ2v) is 2.91. The van der Waals surface area contributed by atoms with Crippen LogP contribution >= 0.6 is 12.4 Å². The molecule has 0 bridgehead atoms. The lowest BCUT2D eigenvalue weighted by atomic mass is 10.0. The first-order valence-electron chi connectivity index (χ1n) is 4.00. The fourth-order valence-electron chi connectivity index (χ4n) is 1.51. The molecule has 1 nitrogen and oxygen atoms in total. The summed E-state index contributed by atoms with van der Waals surface area (Å²) < 4.78 is 26.1. The molecular formula is C9H10ClF2N. The summed E-state index contributed by atoms with van der Waals surface area (Å²) in [5.41, 5.74) is 0.836. The summed E-state index contributed by atoms with van der Waals surface area (Å²) in [4.78, 5) is 0. The van der Waals surface area contributed by atoms with Gasteiger partial charge >= 0.3 is 0 Å². The number of hydrogen-bond donors (Lipinski definition) is 1. The van der Waals surface area contributed by atoms with Crippen molar-refractivity contribution in [3.05, 3.63) is 29.3 Å². The number of anilines is 1. The maximum absolute atomic E-state index is 13.0. The summed E-state index contributed by atoms with van der Waals surface area (Å²) in [6.45, 7) is 0.730. The van der Waals surface area contributed by atoms with Gasteiger partial charge in [-0.05, 0) is 25.0 Å². The van der Waals surface area contributed by atoms with Gasteiger partial charge in [-0.15, -0.1) is 12.4 Å². The third kappa shape index (κ3) is 1.75. The van der Waals surface area contributed by atoms with Crippen molar-refractivity contribution < 1.29 is 8.78 Å². The van der Waals surface area contributed by atoms with Gasteiger partial charge in [-0.3, -0.25) is 0 Å². The standard InChI is InChI=1S/C9H9F2N.ClH/c10-7-3-4-8(11)9-6(7)2-1-5-12-9;/h3-4,12H,1-2,5H2;1H. The van der Waals surface area contributed by atoms with Gasteiger partial charge in [-0.1, -0.05) is 0 Å². The second-order valence-electron chi connectivity index (χ2n) is 2.91. The van der Waals surface area contributed by atoms with Crippen molar-refractivity contribution in [3.63, 3.8) is 0 Å². The monoisotopic (exact) mass is 205 g/mol. The molecule has 1 aliphatic heterocycles. The molecule has 2 rings (SSSR count). The lowest BCUT2D eigenvalue weighted by molar-refractivity contribution is 0.577. The molecule has 0 radical (unpaired) electrons. The van der Waals surface area contributed by atoms with Gasteiger partial charge in [0.15, 0.2) is 0 Å². The first-order valence-corrected chi connectivity index (χ1v) is 4.00. The molecule has 1 N–H and O–H groups in total. The van der Waals surface area contributed by atoms with E-state index in [2.05, 4.69) is 5.32 Å². The van der Waals surface area contributed by atoms with Crippen LogP contribution in [0.25, 0.3) is 0 Å². The summed E-state index contributed by atoms with van der Waals surface area (Å²) in [6, 6.07) is 2.34. The molecule has 0 aromatic heterocycles. The van der Waals surface area contributed by atoms with Crippen molar-refractivity contribution >= 4 is 18.1 Å². The number of halogens is 3. The number of nitrogens with one attached hydrogen (secondary N) is 1. The van der Waals surface area contributed by atoms with E-state index in [1.807, 2.05) is 0 Å². The van der Waals surface area contributed by atoms with E-state index in [4.69, 9.17) is 0 Å². The average molecular weight is 206 g/mol. The first-order chi connectivity index (χ1) is 5.79. The van der Waals surface area contributed by atoms with E-state index in [1.165, 1.54) is 6.07 Å². The summed E-state index contributed by atoms with van der Waals surface area (Å²) in [5, 5.41) is 2.86. The zero-order valence-corrected chi connectivity index (χ0v) is 7.76. The molecule has 1 aromatic carbocycles. The molecule has 0 saturated carbocycles. The molecule has 0 unspecified atom stereocenters. The van der Waals surface area contributed by atoms with Crippen molar-refractivity contribution in [2.45, 2.75) is 12.8 Å². The average Bonchev–Trinajstić information content (AvgIpc) is 2.12. The predicted octanol–water partition coefficient (Wildman–Crippen LogP) is 2.74. The lowest BCUT2D eigenvalue weighted by Gasteiger charge is -2.18. The highest BCUT2D eigenvalue weighted by atomic mass is 35.5. The molecule has 4 heteroatoms. The second kappa shape index (κ2) is 3.92. The van der Waals surface area contributed by atoms with E-state index >= 15 is 0 Å². The van der Waals surface area contributed by atoms with Crippen molar-refractivity contribution in [3.8, 4) is 0 Å². The Morgan fingerprint density at radius 2 is 1.85 bits per heavy atom. The van der Waals surface area contributed by atoms with Crippen molar-refractivity contribution in [2.24, 2.45) is 0 Å². The summed E-state index contributed by atoms with van der Waals surface area (Å²) in [7, 11) is 0. The lowest BCUT2D eigenvalue weighted by Crippen LogP contribution is -2.14. The Morgan fingerprint density at radius 1 is 1.15 bits per heavy atom. The molecule has 13 heavy (non-hydrogen) atoms. The van der Waals surface area contributed by atoms with Crippen LogP contribution in [0.4, 0.5) is 14.5 Å². The fraction of sp³-hybridized carbons (Fsp3) is 0.333. The van der Waals surface area contributed by atoms with E-state index in [0.29, 0.717) is 17.7 Å². The van der Waals surface area contributed by atoms with E-state index in [1.54, 1.807) is 0 Å². The molecule has 0 atom stereocenters. The summed E-state index contributed by atoms with van der Waals surface area (Å²) in [6.07, 6.45) is 1.50. The fourth-order valence-corrected chi connectivity index (χ4v) is 1.51. The smallest absolute Gasteiger partial charge is 0.146 e. The van der Waals surface area contributed by atoms with Gasteiger partial charge in [0.05, 0.1) is 5.69 Å². The van der Waals surface area contributed by atoms with Crippen LogP contribution in [0.15, 0.2) is 12.1 Å². The molecule has 72 valence electrons. The van der Waals surface area contributed by atoms with Gasteiger partial charge in [-0.25, -0.2) is 8.78 Å².